The van der Waals surface area contributed by atoms with Gasteiger partial charge < -0.3 is 5.11 Å². The molecule has 1 fully saturated rings. The Bertz CT molecular complexity index is 773. The number of benzene rings is 3. The maximum Gasteiger partial charge on any atom is 0.0574 e. The van der Waals surface area contributed by atoms with Gasteiger partial charge in [0.15, 0.2) is 0 Å². The van der Waals surface area contributed by atoms with Crippen LogP contribution in [0.1, 0.15) is 41.9 Å². The topological polar surface area (TPSA) is 20.2 Å². The molecule has 0 spiro atoms. The molecule has 0 amide bonds. The lowest BCUT2D eigenvalue weighted by Crippen LogP contribution is -2.33. The van der Waals surface area contributed by atoms with Gasteiger partial charge in [-0.1, -0.05) is 91.0 Å². The Hall–Kier alpha value is -2.38. The summed E-state index contributed by atoms with van der Waals surface area (Å²) in [5.41, 5.74) is 4.06. The molecule has 0 aromatic heterocycles. The van der Waals surface area contributed by atoms with E-state index in [9.17, 15) is 5.11 Å². The number of aliphatic hydroxyl groups excluding tert-OH is 1. The standard InChI is InChI=1S/C26H28O/c27-25-19-24(17-16-23(25)18-20-10-4-1-5-11-20)26(21-12-6-2-7-13-21)22-14-8-3-9-15-22/h1-15,23-27H,16-19H2/t23-,24+,25-/m0/s1. The minimum absolute atomic E-state index is 0.223. The van der Waals surface area contributed by atoms with Gasteiger partial charge in [0.05, 0.1) is 6.10 Å². The van der Waals surface area contributed by atoms with Crippen LogP contribution in [-0.4, -0.2) is 11.2 Å². The van der Waals surface area contributed by atoms with Crippen LogP contribution in [0.5, 0.6) is 0 Å². The monoisotopic (exact) mass is 356 g/mol. The molecular formula is C26H28O. The zero-order valence-electron chi connectivity index (χ0n) is 15.7. The molecule has 0 saturated heterocycles. The van der Waals surface area contributed by atoms with Crippen LogP contribution in [0.15, 0.2) is 91.0 Å². The van der Waals surface area contributed by atoms with Crippen molar-refractivity contribution in [3.05, 3.63) is 108 Å². The van der Waals surface area contributed by atoms with Crippen molar-refractivity contribution in [3.63, 3.8) is 0 Å². The Morgan fingerprint density at radius 3 is 1.74 bits per heavy atom. The average molecular weight is 357 g/mol. The first kappa shape index (κ1) is 18.0. The summed E-state index contributed by atoms with van der Waals surface area (Å²) in [6.45, 7) is 0. The van der Waals surface area contributed by atoms with Gasteiger partial charge in [-0.25, -0.2) is 0 Å². The molecule has 1 N–H and O–H groups in total. The number of hydrogen-bond donors (Lipinski definition) is 1. The second-order valence-electron chi connectivity index (χ2n) is 7.89. The Labute approximate surface area is 162 Å². The van der Waals surface area contributed by atoms with Crippen molar-refractivity contribution in [2.45, 2.75) is 37.7 Å². The van der Waals surface area contributed by atoms with Crippen molar-refractivity contribution in [2.24, 2.45) is 11.8 Å². The minimum atomic E-state index is -0.223. The molecule has 3 aromatic rings. The van der Waals surface area contributed by atoms with Crippen molar-refractivity contribution >= 4 is 0 Å². The van der Waals surface area contributed by atoms with Crippen LogP contribution in [0.3, 0.4) is 0 Å². The molecule has 1 aliphatic carbocycles. The fourth-order valence-corrected chi connectivity index (χ4v) is 4.76. The molecule has 1 aliphatic rings. The van der Waals surface area contributed by atoms with Crippen molar-refractivity contribution in [3.8, 4) is 0 Å². The van der Waals surface area contributed by atoms with Crippen LogP contribution in [-0.2, 0) is 6.42 Å². The Balaban J connectivity index is 1.53. The number of aliphatic hydroxyl groups is 1. The SMILES string of the molecule is O[C@H]1C[C@H](C(c2ccccc2)c2ccccc2)CC[C@H]1Cc1ccccc1. The van der Waals surface area contributed by atoms with Crippen LogP contribution < -0.4 is 0 Å². The zero-order valence-corrected chi connectivity index (χ0v) is 15.7. The second-order valence-corrected chi connectivity index (χ2v) is 7.89. The highest BCUT2D eigenvalue weighted by atomic mass is 16.3. The lowest BCUT2D eigenvalue weighted by atomic mass is 9.69. The van der Waals surface area contributed by atoms with Gasteiger partial charge in [-0.05, 0) is 54.2 Å². The summed E-state index contributed by atoms with van der Waals surface area (Å²) < 4.78 is 0. The first-order valence-electron chi connectivity index (χ1n) is 10.1. The van der Waals surface area contributed by atoms with Crippen LogP contribution in [0.2, 0.25) is 0 Å². The van der Waals surface area contributed by atoms with Crippen molar-refractivity contribution in [1.29, 1.82) is 0 Å². The van der Waals surface area contributed by atoms with E-state index in [2.05, 4.69) is 91.0 Å². The zero-order chi connectivity index (χ0) is 18.5. The van der Waals surface area contributed by atoms with Crippen molar-refractivity contribution in [1.82, 2.24) is 0 Å². The van der Waals surface area contributed by atoms with Gasteiger partial charge in [-0.3, -0.25) is 0 Å². The molecule has 0 aliphatic heterocycles. The molecule has 0 unspecified atom stereocenters. The smallest absolute Gasteiger partial charge is 0.0574 e. The quantitative estimate of drug-likeness (QED) is 0.609. The number of rotatable bonds is 5. The summed E-state index contributed by atoms with van der Waals surface area (Å²) in [6, 6.07) is 32.2. The van der Waals surface area contributed by atoms with E-state index in [4.69, 9.17) is 0 Å². The summed E-state index contributed by atoms with van der Waals surface area (Å²) >= 11 is 0. The summed E-state index contributed by atoms with van der Waals surface area (Å²) in [4.78, 5) is 0. The van der Waals surface area contributed by atoms with Gasteiger partial charge in [-0.15, -0.1) is 0 Å². The maximum atomic E-state index is 10.9. The van der Waals surface area contributed by atoms with Gasteiger partial charge in [0.2, 0.25) is 0 Å². The summed E-state index contributed by atoms with van der Waals surface area (Å²) in [7, 11) is 0. The van der Waals surface area contributed by atoms with Crippen LogP contribution in [0.4, 0.5) is 0 Å². The van der Waals surface area contributed by atoms with E-state index >= 15 is 0 Å². The van der Waals surface area contributed by atoms with E-state index in [0.717, 1.165) is 19.3 Å². The van der Waals surface area contributed by atoms with Gasteiger partial charge in [0, 0.05) is 5.92 Å². The highest BCUT2D eigenvalue weighted by Crippen LogP contribution is 2.42. The molecule has 3 atom stereocenters. The van der Waals surface area contributed by atoms with E-state index in [-0.39, 0.29) is 6.10 Å². The second kappa shape index (κ2) is 8.54. The molecule has 0 bridgehead atoms. The lowest BCUT2D eigenvalue weighted by molar-refractivity contribution is 0.0409. The van der Waals surface area contributed by atoms with Crippen LogP contribution in [0, 0.1) is 11.8 Å². The van der Waals surface area contributed by atoms with Gasteiger partial charge in [0.25, 0.3) is 0 Å². The summed E-state index contributed by atoms with van der Waals surface area (Å²) in [5, 5.41) is 10.9. The summed E-state index contributed by atoms with van der Waals surface area (Å²) in [5.74, 6) is 1.22. The molecule has 1 heteroatoms. The number of hydrogen-bond acceptors (Lipinski definition) is 1. The van der Waals surface area contributed by atoms with E-state index < -0.39 is 0 Å². The largest absolute Gasteiger partial charge is 0.393 e. The van der Waals surface area contributed by atoms with E-state index in [1.807, 2.05) is 0 Å². The first-order valence-corrected chi connectivity index (χ1v) is 10.1. The minimum Gasteiger partial charge on any atom is -0.393 e. The normalized spacial score (nSPS) is 22.7. The van der Waals surface area contributed by atoms with E-state index in [0.29, 0.717) is 17.8 Å². The van der Waals surface area contributed by atoms with Crippen molar-refractivity contribution in [2.75, 3.05) is 0 Å². The van der Waals surface area contributed by atoms with Crippen LogP contribution in [0.25, 0.3) is 0 Å². The third-order valence-corrected chi connectivity index (χ3v) is 6.13. The Kier molecular flexibility index (Phi) is 5.69. The first-order chi connectivity index (χ1) is 13.3. The lowest BCUT2D eigenvalue weighted by Gasteiger charge is -2.38. The molecule has 4 rings (SSSR count). The third kappa shape index (κ3) is 4.31. The fraction of sp³-hybridized carbons (Fsp3) is 0.308. The molecule has 27 heavy (non-hydrogen) atoms. The fourth-order valence-electron chi connectivity index (χ4n) is 4.76. The maximum absolute atomic E-state index is 10.9. The molecule has 138 valence electrons. The predicted octanol–water partition coefficient (Wildman–Crippen LogP) is 5.84. The van der Waals surface area contributed by atoms with E-state index in [1.54, 1.807) is 0 Å². The molecule has 3 aromatic carbocycles. The van der Waals surface area contributed by atoms with Gasteiger partial charge in [0.1, 0.15) is 0 Å². The molecule has 0 heterocycles. The summed E-state index contributed by atoms with van der Waals surface area (Å²) in [6.07, 6.45) is 3.90. The highest BCUT2D eigenvalue weighted by Gasteiger charge is 2.34. The molecule has 0 radical (unpaired) electrons. The van der Waals surface area contributed by atoms with E-state index in [1.165, 1.54) is 23.1 Å². The highest BCUT2D eigenvalue weighted by molar-refractivity contribution is 5.33. The molecular weight excluding hydrogens is 328 g/mol. The molecule has 1 saturated carbocycles. The van der Waals surface area contributed by atoms with Gasteiger partial charge >= 0.3 is 0 Å². The van der Waals surface area contributed by atoms with Gasteiger partial charge in [-0.2, -0.15) is 0 Å². The van der Waals surface area contributed by atoms with Crippen LogP contribution >= 0.6 is 0 Å². The Morgan fingerprint density at radius 1 is 0.704 bits per heavy atom. The predicted molar refractivity (Wildman–Crippen MR) is 112 cm³/mol. The van der Waals surface area contributed by atoms with Crippen molar-refractivity contribution < 1.29 is 5.11 Å². The Morgan fingerprint density at radius 2 is 1.22 bits per heavy atom. The molecule has 1 nitrogen and oxygen atoms in total. The third-order valence-electron chi connectivity index (χ3n) is 6.13. The average Bonchev–Trinajstić information content (AvgIpc) is 2.73.